The van der Waals surface area contributed by atoms with Crippen LogP contribution in [0.1, 0.15) is 324 Å². The number of carbonyl (C=O) groups is 4. The first-order valence-corrected chi connectivity index (χ1v) is 37.0. The van der Waals surface area contributed by atoms with Gasteiger partial charge in [0, 0.05) is 25.7 Å². The van der Waals surface area contributed by atoms with E-state index in [4.69, 9.17) is 37.0 Å². The van der Waals surface area contributed by atoms with E-state index >= 15 is 0 Å². The summed E-state index contributed by atoms with van der Waals surface area (Å²) in [7, 11) is -9.89. The molecule has 0 rings (SSSR count). The quantitative estimate of drug-likeness (QED) is 0.0222. The summed E-state index contributed by atoms with van der Waals surface area (Å²) in [6.07, 6.45) is 40.3. The first kappa shape index (κ1) is 82.1. The van der Waals surface area contributed by atoms with Crippen LogP contribution in [0.5, 0.6) is 0 Å². The molecule has 0 aromatic carbocycles. The predicted molar refractivity (Wildman–Crippen MR) is 335 cm³/mol. The molecule has 0 saturated heterocycles. The molecule has 0 heterocycles. The van der Waals surface area contributed by atoms with Crippen molar-refractivity contribution in [2.45, 2.75) is 342 Å². The van der Waals surface area contributed by atoms with Crippen LogP contribution in [-0.2, 0) is 65.4 Å². The number of rotatable bonds is 64. The Balaban J connectivity index is 5.23. The number of carbonyl (C=O) groups excluding carboxylic acids is 4. The summed E-state index contributed by atoms with van der Waals surface area (Å²) < 4.78 is 68.0. The van der Waals surface area contributed by atoms with Crippen molar-refractivity contribution >= 4 is 39.5 Å². The van der Waals surface area contributed by atoms with Crippen molar-refractivity contribution < 1.29 is 80.2 Å². The van der Waals surface area contributed by atoms with Crippen molar-refractivity contribution in [3.63, 3.8) is 0 Å². The Morgan fingerprint density at radius 2 is 0.548 bits per heavy atom. The van der Waals surface area contributed by atoms with Crippen molar-refractivity contribution in [2.75, 3.05) is 39.6 Å². The van der Waals surface area contributed by atoms with Crippen LogP contribution in [-0.4, -0.2) is 96.7 Å². The van der Waals surface area contributed by atoms with Crippen LogP contribution in [0.25, 0.3) is 0 Å². The van der Waals surface area contributed by atoms with Gasteiger partial charge in [0.15, 0.2) is 12.2 Å². The average Bonchev–Trinajstić information content (AvgIpc) is 3.49. The molecule has 0 bridgehead atoms. The topological polar surface area (TPSA) is 237 Å². The number of esters is 4. The van der Waals surface area contributed by atoms with Crippen LogP contribution in [0, 0.1) is 11.8 Å². The number of hydrogen-bond donors (Lipinski definition) is 3. The monoisotopic (exact) mass is 1240 g/mol. The number of ether oxygens (including phenoxy) is 4. The van der Waals surface area contributed by atoms with Gasteiger partial charge in [0.1, 0.15) is 19.3 Å². The molecule has 2 unspecified atom stereocenters. The van der Waals surface area contributed by atoms with Crippen molar-refractivity contribution in [3.05, 3.63) is 0 Å². The third kappa shape index (κ3) is 59.0. The molecule has 0 aromatic heterocycles. The molecule has 0 amide bonds. The first-order valence-electron chi connectivity index (χ1n) is 34.0. The summed E-state index contributed by atoms with van der Waals surface area (Å²) in [5, 5.41) is 10.5. The molecule has 19 heteroatoms. The molecule has 0 aliphatic rings. The SMILES string of the molecule is CCCCCCCCCCCCCC(=O)O[C@H](COC(=O)CCCCCCCCCC)COP(=O)(O)OC[C@H](O)COP(=O)(O)OC[C@@H](COC(=O)CCCCCCCCCCCC(C)C)OC(=O)CCCCCCCCCCCCC(C)C. The van der Waals surface area contributed by atoms with Gasteiger partial charge in [-0.05, 0) is 37.5 Å². The summed E-state index contributed by atoms with van der Waals surface area (Å²) in [4.78, 5) is 72.2. The highest BCUT2D eigenvalue weighted by molar-refractivity contribution is 7.47. The molecule has 3 N–H and O–H groups in total. The highest BCUT2D eigenvalue weighted by atomic mass is 31.2. The fourth-order valence-corrected chi connectivity index (χ4v) is 11.3. The van der Waals surface area contributed by atoms with E-state index in [-0.39, 0.29) is 25.7 Å². The predicted octanol–water partition coefficient (Wildman–Crippen LogP) is 18.0. The normalized spacial score (nSPS) is 14.3. The Kier molecular flexibility index (Phi) is 56.2. The number of hydrogen-bond acceptors (Lipinski definition) is 15. The Bertz CT molecular complexity index is 1650. The zero-order chi connectivity index (χ0) is 62.2. The minimum Gasteiger partial charge on any atom is -0.462 e. The van der Waals surface area contributed by atoms with Gasteiger partial charge in [0.05, 0.1) is 26.4 Å². The summed E-state index contributed by atoms with van der Waals surface area (Å²) >= 11 is 0. The molecule has 0 fully saturated rings. The Labute approximate surface area is 511 Å². The van der Waals surface area contributed by atoms with Crippen LogP contribution in [0.15, 0.2) is 0 Å². The van der Waals surface area contributed by atoms with E-state index in [1.54, 1.807) is 0 Å². The van der Waals surface area contributed by atoms with E-state index in [1.807, 2.05) is 0 Å². The van der Waals surface area contributed by atoms with Crippen LogP contribution in [0.2, 0.25) is 0 Å². The molecule has 0 saturated carbocycles. The number of phosphoric ester groups is 2. The lowest BCUT2D eigenvalue weighted by molar-refractivity contribution is -0.161. The van der Waals surface area contributed by atoms with Gasteiger partial charge >= 0.3 is 39.5 Å². The van der Waals surface area contributed by atoms with Gasteiger partial charge in [0.25, 0.3) is 0 Å². The van der Waals surface area contributed by atoms with Gasteiger partial charge in [-0.25, -0.2) is 9.13 Å². The molecule has 0 aromatic rings. The van der Waals surface area contributed by atoms with Gasteiger partial charge in [-0.15, -0.1) is 0 Å². The summed E-state index contributed by atoms with van der Waals surface area (Å²) in [6.45, 7) is 9.45. The minimum absolute atomic E-state index is 0.105. The highest BCUT2D eigenvalue weighted by Crippen LogP contribution is 2.45. The number of aliphatic hydroxyl groups is 1. The van der Waals surface area contributed by atoms with Gasteiger partial charge < -0.3 is 33.8 Å². The Hall–Kier alpha value is -1.94. The molecule has 498 valence electrons. The van der Waals surface area contributed by atoms with Crippen molar-refractivity contribution in [1.82, 2.24) is 0 Å². The highest BCUT2D eigenvalue weighted by Gasteiger charge is 2.30. The smallest absolute Gasteiger partial charge is 0.462 e. The molecule has 0 spiro atoms. The lowest BCUT2D eigenvalue weighted by Gasteiger charge is -2.21. The standard InChI is InChI=1S/C65H126O17P2/c1-7-9-11-13-15-17-18-24-31-37-43-49-64(69)81-60(53-75-62(67)47-41-35-29-16-14-12-10-8-2)55-79-83(71,72)77-51-59(66)52-78-84(73,74)80-56-61(54-76-63(68)48-42-36-30-26-21-23-28-34-40-46-58(5)6)82-65(70)50-44-38-32-25-20-19-22-27-33-39-45-57(3)4/h57-61,66H,7-56H2,1-6H3,(H,71,72)(H,73,74)/t59-,60+,61+/m0/s1. The van der Waals surface area contributed by atoms with Crippen LogP contribution in [0.4, 0.5) is 0 Å². The van der Waals surface area contributed by atoms with E-state index in [0.717, 1.165) is 108 Å². The Morgan fingerprint density at radius 3 is 0.810 bits per heavy atom. The number of aliphatic hydroxyl groups excluding tert-OH is 1. The molecule has 0 radical (unpaired) electrons. The summed E-state index contributed by atoms with van der Waals surface area (Å²) in [5.74, 6) is -0.638. The largest absolute Gasteiger partial charge is 0.472 e. The maximum absolute atomic E-state index is 13.0. The molecule has 5 atom stereocenters. The molecular formula is C65H126O17P2. The number of phosphoric acid groups is 2. The van der Waals surface area contributed by atoms with E-state index in [9.17, 15) is 43.2 Å². The molecule has 0 aliphatic heterocycles. The Morgan fingerprint density at radius 1 is 0.321 bits per heavy atom. The molecule has 17 nitrogen and oxygen atoms in total. The second-order valence-electron chi connectivity index (χ2n) is 24.5. The number of unbranched alkanes of at least 4 members (excludes halogenated alkanes) is 34. The fraction of sp³-hybridized carbons (Fsp3) is 0.938. The summed E-state index contributed by atoms with van der Waals surface area (Å²) in [5.41, 5.74) is 0. The maximum Gasteiger partial charge on any atom is 0.472 e. The van der Waals surface area contributed by atoms with Gasteiger partial charge in [-0.1, -0.05) is 273 Å². The fourth-order valence-electron chi connectivity index (χ4n) is 9.71. The second kappa shape index (κ2) is 57.5. The van der Waals surface area contributed by atoms with Crippen LogP contribution in [0.3, 0.4) is 0 Å². The zero-order valence-corrected chi connectivity index (χ0v) is 56.0. The van der Waals surface area contributed by atoms with Gasteiger partial charge in [0.2, 0.25) is 0 Å². The second-order valence-corrected chi connectivity index (χ2v) is 27.4. The van der Waals surface area contributed by atoms with E-state index in [0.29, 0.717) is 25.7 Å². The first-order chi connectivity index (χ1) is 40.4. The zero-order valence-electron chi connectivity index (χ0n) is 54.2. The van der Waals surface area contributed by atoms with E-state index < -0.39 is 97.5 Å². The van der Waals surface area contributed by atoms with Crippen molar-refractivity contribution in [1.29, 1.82) is 0 Å². The lowest BCUT2D eigenvalue weighted by atomic mass is 10.0. The van der Waals surface area contributed by atoms with Crippen molar-refractivity contribution in [2.24, 2.45) is 11.8 Å². The minimum atomic E-state index is -4.95. The van der Waals surface area contributed by atoms with Gasteiger partial charge in [-0.3, -0.25) is 37.3 Å². The third-order valence-corrected chi connectivity index (χ3v) is 16.9. The maximum atomic E-state index is 13.0. The molecule has 84 heavy (non-hydrogen) atoms. The van der Waals surface area contributed by atoms with Gasteiger partial charge in [-0.2, -0.15) is 0 Å². The van der Waals surface area contributed by atoms with E-state index in [2.05, 4.69) is 41.5 Å². The lowest BCUT2D eigenvalue weighted by Crippen LogP contribution is -2.30. The third-order valence-electron chi connectivity index (χ3n) is 15.0. The average molecular weight is 1240 g/mol. The van der Waals surface area contributed by atoms with Crippen molar-refractivity contribution in [3.8, 4) is 0 Å². The molecule has 0 aliphatic carbocycles. The summed E-state index contributed by atoms with van der Waals surface area (Å²) in [6, 6.07) is 0. The molecular weight excluding hydrogens is 1110 g/mol. The van der Waals surface area contributed by atoms with Crippen LogP contribution >= 0.6 is 15.6 Å². The van der Waals surface area contributed by atoms with Crippen LogP contribution < -0.4 is 0 Å². The van der Waals surface area contributed by atoms with E-state index in [1.165, 1.54) is 135 Å².